The van der Waals surface area contributed by atoms with E-state index in [9.17, 15) is 10.2 Å². The molecule has 1 aromatic heterocycles. The van der Waals surface area contributed by atoms with Crippen LogP contribution in [0.25, 0.3) is 0 Å². The third kappa shape index (κ3) is 2.67. The molecule has 0 aliphatic rings. The largest absolute Gasteiger partial charge is 0.374 e. The third-order valence-electron chi connectivity index (χ3n) is 2.02. The molecule has 0 saturated carbocycles. The molecule has 17 heavy (non-hydrogen) atoms. The molecule has 2 N–H and O–H groups in total. The van der Waals surface area contributed by atoms with Crippen LogP contribution >= 0.6 is 0 Å². The van der Waals surface area contributed by atoms with Crippen LogP contribution in [-0.4, -0.2) is 32.6 Å². The van der Waals surface area contributed by atoms with E-state index >= 15 is 0 Å². The van der Waals surface area contributed by atoms with E-state index in [0.29, 0.717) is 0 Å². The molecule has 2 unspecified atom stereocenters. The maximum absolute atomic E-state index is 9.51. The lowest BCUT2D eigenvalue weighted by molar-refractivity contribution is 0.103. The Morgan fingerprint density at radius 1 is 1.24 bits per heavy atom. The van der Waals surface area contributed by atoms with E-state index in [2.05, 4.69) is 9.97 Å². The van der Waals surface area contributed by atoms with Crippen LogP contribution in [0.5, 0.6) is 0 Å². The van der Waals surface area contributed by atoms with Gasteiger partial charge in [0.15, 0.2) is 17.2 Å². The average molecular weight is 233 g/mol. The molecule has 7 nitrogen and oxygen atoms in total. The molecule has 0 saturated heterocycles. The number of hydrogen-bond donors (Lipinski definition) is 2. The Hall–Kier alpha value is -2.22. The molecule has 0 bridgehead atoms. The highest BCUT2D eigenvalue weighted by Gasteiger charge is 2.22. The number of anilines is 1. The van der Waals surface area contributed by atoms with Crippen LogP contribution in [0, 0.1) is 22.7 Å². The molecule has 1 aromatic rings. The number of nitriles is 2. The van der Waals surface area contributed by atoms with Gasteiger partial charge in [0, 0.05) is 0 Å². The van der Waals surface area contributed by atoms with Gasteiger partial charge in [-0.15, -0.1) is 0 Å². The van der Waals surface area contributed by atoms with Crippen molar-refractivity contribution in [2.24, 2.45) is 0 Å². The predicted molar refractivity (Wildman–Crippen MR) is 57.3 cm³/mol. The molecular formula is C10H11N5O2. The monoisotopic (exact) mass is 233 g/mol. The third-order valence-corrected chi connectivity index (χ3v) is 2.02. The van der Waals surface area contributed by atoms with Gasteiger partial charge in [-0.1, -0.05) is 0 Å². The Balaban J connectivity index is 3.31. The second-order valence-corrected chi connectivity index (χ2v) is 3.32. The molecule has 0 fully saturated rings. The van der Waals surface area contributed by atoms with Crippen molar-refractivity contribution in [2.75, 3.05) is 4.90 Å². The van der Waals surface area contributed by atoms with Crippen LogP contribution < -0.4 is 4.90 Å². The van der Waals surface area contributed by atoms with Gasteiger partial charge in [0.25, 0.3) is 0 Å². The predicted octanol–water partition coefficient (Wildman–Crippen LogP) is -0.297. The van der Waals surface area contributed by atoms with Crippen molar-refractivity contribution < 1.29 is 10.2 Å². The summed E-state index contributed by atoms with van der Waals surface area (Å²) in [5.74, 6) is 0.0384. The van der Waals surface area contributed by atoms with Crippen molar-refractivity contribution in [2.45, 2.75) is 26.3 Å². The van der Waals surface area contributed by atoms with Gasteiger partial charge >= 0.3 is 0 Å². The minimum Gasteiger partial charge on any atom is -0.374 e. The molecule has 88 valence electrons. The number of nitrogens with zero attached hydrogens (tertiary/aromatic N) is 5. The SMILES string of the molecule is CC(O)N(c1ncc(C#N)nc1C#N)C(C)O. The second-order valence-electron chi connectivity index (χ2n) is 3.32. The van der Waals surface area contributed by atoms with Crippen LogP contribution in [0.3, 0.4) is 0 Å². The summed E-state index contributed by atoms with van der Waals surface area (Å²) in [6.07, 6.45) is -0.901. The molecule has 0 spiro atoms. The number of hydrogen-bond acceptors (Lipinski definition) is 7. The summed E-state index contributed by atoms with van der Waals surface area (Å²) in [4.78, 5) is 8.73. The van der Waals surface area contributed by atoms with Crippen LogP contribution in [0.4, 0.5) is 5.82 Å². The summed E-state index contributed by atoms with van der Waals surface area (Å²) < 4.78 is 0. The first kappa shape index (κ1) is 12.8. The van der Waals surface area contributed by atoms with Gasteiger partial charge in [-0.2, -0.15) is 10.5 Å². The van der Waals surface area contributed by atoms with E-state index in [0.717, 1.165) is 4.90 Å². The smallest absolute Gasteiger partial charge is 0.184 e. The molecule has 0 aliphatic heterocycles. The first-order valence-electron chi connectivity index (χ1n) is 4.83. The van der Waals surface area contributed by atoms with Crippen LogP contribution in [-0.2, 0) is 0 Å². The molecule has 0 aliphatic carbocycles. The Morgan fingerprint density at radius 2 is 1.82 bits per heavy atom. The number of rotatable bonds is 3. The van der Waals surface area contributed by atoms with Crippen molar-refractivity contribution >= 4 is 5.82 Å². The second kappa shape index (κ2) is 5.21. The topological polar surface area (TPSA) is 117 Å². The summed E-state index contributed by atoms with van der Waals surface area (Å²) in [7, 11) is 0. The van der Waals surface area contributed by atoms with E-state index in [1.807, 2.05) is 0 Å². The van der Waals surface area contributed by atoms with Crippen LogP contribution in [0.1, 0.15) is 25.2 Å². The fourth-order valence-electron chi connectivity index (χ4n) is 1.37. The van der Waals surface area contributed by atoms with Crippen LogP contribution in [0.15, 0.2) is 6.20 Å². The fraction of sp³-hybridized carbons (Fsp3) is 0.400. The molecule has 1 rings (SSSR count). The molecule has 0 amide bonds. The zero-order chi connectivity index (χ0) is 13.0. The fourth-order valence-corrected chi connectivity index (χ4v) is 1.37. The molecule has 1 heterocycles. The Kier molecular flexibility index (Phi) is 3.94. The highest BCUT2D eigenvalue weighted by molar-refractivity contribution is 5.51. The average Bonchev–Trinajstić information content (AvgIpc) is 2.28. The van der Waals surface area contributed by atoms with Crippen molar-refractivity contribution in [1.82, 2.24) is 9.97 Å². The van der Waals surface area contributed by atoms with Crippen molar-refractivity contribution in [3.63, 3.8) is 0 Å². The molecule has 0 aromatic carbocycles. The lowest BCUT2D eigenvalue weighted by Gasteiger charge is -2.29. The Morgan fingerprint density at radius 3 is 2.24 bits per heavy atom. The van der Waals surface area contributed by atoms with Gasteiger partial charge in [-0.3, -0.25) is 0 Å². The molecule has 0 radical (unpaired) electrons. The van der Waals surface area contributed by atoms with Gasteiger partial charge in [-0.05, 0) is 13.8 Å². The van der Waals surface area contributed by atoms with Crippen molar-refractivity contribution in [3.05, 3.63) is 17.6 Å². The standard InChI is InChI=1S/C10H11N5O2/c1-6(16)15(7(2)17)10-9(4-12)14-8(3-11)5-13-10/h5-7,16-17H,1-2H3. The van der Waals surface area contributed by atoms with Crippen molar-refractivity contribution in [1.29, 1.82) is 10.5 Å². The van der Waals surface area contributed by atoms with Crippen molar-refractivity contribution in [3.8, 4) is 12.1 Å². The minimum atomic E-state index is -1.04. The lowest BCUT2D eigenvalue weighted by atomic mass is 10.3. The molecule has 7 heteroatoms. The maximum Gasteiger partial charge on any atom is 0.184 e. The van der Waals surface area contributed by atoms with E-state index in [-0.39, 0.29) is 17.2 Å². The number of aromatic nitrogens is 2. The summed E-state index contributed by atoms with van der Waals surface area (Å²) in [5, 5.41) is 36.5. The van der Waals surface area contributed by atoms with E-state index in [1.54, 1.807) is 12.1 Å². The quantitative estimate of drug-likeness (QED) is 0.688. The zero-order valence-electron chi connectivity index (χ0n) is 9.36. The summed E-state index contributed by atoms with van der Waals surface area (Å²) in [6.45, 7) is 2.85. The highest BCUT2D eigenvalue weighted by atomic mass is 16.3. The van der Waals surface area contributed by atoms with Gasteiger partial charge in [0.1, 0.15) is 24.6 Å². The maximum atomic E-state index is 9.51. The number of aliphatic hydroxyl groups excluding tert-OH is 2. The van der Waals surface area contributed by atoms with E-state index in [1.165, 1.54) is 20.0 Å². The van der Waals surface area contributed by atoms with Crippen LogP contribution in [0.2, 0.25) is 0 Å². The van der Waals surface area contributed by atoms with E-state index < -0.39 is 12.5 Å². The Labute approximate surface area is 98.2 Å². The first-order valence-corrected chi connectivity index (χ1v) is 4.83. The summed E-state index contributed by atoms with van der Waals surface area (Å²) >= 11 is 0. The zero-order valence-corrected chi connectivity index (χ0v) is 9.36. The van der Waals surface area contributed by atoms with Gasteiger partial charge < -0.3 is 15.1 Å². The van der Waals surface area contributed by atoms with Gasteiger partial charge in [0.05, 0.1) is 6.20 Å². The minimum absolute atomic E-state index is 0.00133. The molecule has 2 atom stereocenters. The number of aliphatic hydroxyl groups is 2. The Bertz CT molecular complexity index is 478. The highest BCUT2D eigenvalue weighted by Crippen LogP contribution is 2.19. The summed E-state index contributed by atoms with van der Waals surface area (Å²) in [5.41, 5.74) is -0.118. The molecular weight excluding hydrogens is 222 g/mol. The summed E-state index contributed by atoms with van der Waals surface area (Å²) in [6, 6.07) is 3.53. The first-order chi connectivity index (χ1) is 8.01. The lowest BCUT2D eigenvalue weighted by Crippen LogP contribution is -2.41. The normalized spacial score (nSPS) is 13.3. The van der Waals surface area contributed by atoms with Gasteiger partial charge in [-0.25, -0.2) is 9.97 Å². The van der Waals surface area contributed by atoms with Gasteiger partial charge in [0.2, 0.25) is 0 Å². The van der Waals surface area contributed by atoms with E-state index in [4.69, 9.17) is 10.5 Å².